The molecule has 158 valence electrons. The first-order chi connectivity index (χ1) is 13.8. The molecule has 0 spiro atoms. The topological polar surface area (TPSA) is 44.8 Å². The van der Waals surface area contributed by atoms with Gasteiger partial charge >= 0.3 is 5.97 Å². The molecule has 0 radical (unpaired) electrons. The predicted octanol–water partition coefficient (Wildman–Crippen LogP) is 5.40. The van der Waals surface area contributed by atoms with Crippen molar-refractivity contribution in [1.82, 2.24) is 0 Å². The van der Waals surface area contributed by atoms with E-state index >= 15 is 0 Å². The minimum Gasteiger partial charge on any atom is -0.469 e. The number of ether oxygens (including phenoxy) is 3. The average Bonchev–Trinajstić information content (AvgIpc) is 2.67. The Labute approximate surface area is 174 Å². The number of methoxy groups -OCH3 is 1. The van der Waals surface area contributed by atoms with Gasteiger partial charge in [0.15, 0.2) is 5.79 Å². The van der Waals surface area contributed by atoms with E-state index in [0.29, 0.717) is 24.2 Å². The molecule has 1 heterocycles. The highest BCUT2D eigenvalue weighted by atomic mass is 16.7. The Bertz CT molecular complexity index is 736. The molecule has 1 aromatic rings. The van der Waals surface area contributed by atoms with Crippen LogP contribution in [0.2, 0.25) is 0 Å². The van der Waals surface area contributed by atoms with Crippen molar-refractivity contribution >= 4 is 5.97 Å². The van der Waals surface area contributed by atoms with Gasteiger partial charge in [-0.25, -0.2) is 0 Å². The van der Waals surface area contributed by atoms with Crippen LogP contribution in [0, 0.1) is 11.8 Å². The number of carbonyl (C=O) groups is 1. The van der Waals surface area contributed by atoms with E-state index in [1.54, 1.807) is 0 Å². The quantitative estimate of drug-likeness (QED) is 0.602. The molecule has 29 heavy (non-hydrogen) atoms. The highest BCUT2D eigenvalue weighted by Crippen LogP contribution is 2.43. The van der Waals surface area contributed by atoms with E-state index < -0.39 is 5.79 Å². The molecule has 0 unspecified atom stereocenters. The minimum absolute atomic E-state index is 0.0659. The van der Waals surface area contributed by atoms with Crippen molar-refractivity contribution in [1.29, 1.82) is 0 Å². The fourth-order valence-corrected chi connectivity index (χ4v) is 4.82. The van der Waals surface area contributed by atoms with Gasteiger partial charge in [0.2, 0.25) is 0 Å². The Morgan fingerprint density at radius 1 is 1.17 bits per heavy atom. The van der Waals surface area contributed by atoms with E-state index in [9.17, 15) is 4.79 Å². The fraction of sp³-hybridized carbons (Fsp3) is 0.560. The van der Waals surface area contributed by atoms with E-state index in [1.807, 2.05) is 13.8 Å². The lowest BCUT2D eigenvalue weighted by atomic mass is 9.69. The molecule has 0 N–H and O–H groups in total. The van der Waals surface area contributed by atoms with Gasteiger partial charge in [-0.05, 0) is 49.7 Å². The Morgan fingerprint density at radius 3 is 2.55 bits per heavy atom. The van der Waals surface area contributed by atoms with Crippen molar-refractivity contribution < 1.29 is 19.0 Å². The van der Waals surface area contributed by atoms with Crippen molar-refractivity contribution in [3.05, 3.63) is 60.2 Å². The summed E-state index contributed by atoms with van der Waals surface area (Å²) < 4.78 is 17.0. The number of esters is 1. The molecular weight excluding hydrogens is 364 g/mol. The van der Waals surface area contributed by atoms with E-state index in [1.165, 1.54) is 18.2 Å². The predicted molar refractivity (Wildman–Crippen MR) is 114 cm³/mol. The van der Waals surface area contributed by atoms with Crippen LogP contribution >= 0.6 is 0 Å². The standard InChI is InChI=1S/C25H34O4/c1-17-11-12-18(2)24(19-9-7-6-8-10-19)22(17)14-13-20-15-21(16-23(26)27-5)29-25(3,4)28-20/h6-12,17,20-22,24H,2,13-16H2,1,3-5H3/t17-,20+,21+,22-,24+/m0/s1. The van der Waals surface area contributed by atoms with E-state index in [-0.39, 0.29) is 24.6 Å². The summed E-state index contributed by atoms with van der Waals surface area (Å²) in [5.41, 5.74) is 2.51. The van der Waals surface area contributed by atoms with Crippen molar-refractivity contribution in [2.45, 2.75) is 70.4 Å². The van der Waals surface area contributed by atoms with Crippen molar-refractivity contribution in [3.8, 4) is 0 Å². The molecule has 0 aromatic heterocycles. The van der Waals surface area contributed by atoms with Crippen LogP contribution in [0.1, 0.15) is 57.9 Å². The van der Waals surface area contributed by atoms with Gasteiger partial charge in [-0.15, -0.1) is 0 Å². The number of benzene rings is 1. The SMILES string of the molecule is C=C1C=C[C@H](C)[C@H](CC[C@@H]2C[C@H](CC(=O)OC)OC(C)(C)O2)[C@H]1c1ccccc1. The Balaban J connectivity index is 1.69. The van der Waals surface area contributed by atoms with Crippen LogP contribution in [0.3, 0.4) is 0 Å². The number of allylic oxidation sites excluding steroid dienone is 3. The second kappa shape index (κ2) is 9.27. The molecule has 0 amide bonds. The maximum atomic E-state index is 11.7. The molecule has 0 bridgehead atoms. The summed E-state index contributed by atoms with van der Waals surface area (Å²) in [7, 11) is 1.42. The first kappa shape index (κ1) is 21.8. The molecule has 2 aliphatic rings. The van der Waals surface area contributed by atoms with Crippen molar-refractivity contribution in [2.24, 2.45) is 11.8 Å². The highest BCUT2D eigenvalue weighted by molar-refractivity contribution is 5.69. The lowest BCUT2D eigenvalue weighted by Gasteiger charge is -2.42. The van der Waals surface area contributed by atoms with Crippen LogP contribution in [-0.4, -0.2) is 31.1 Å². The lowest BCUT2D eigenvalue weighted by molar-refractivity contribution is -0.301. The molecule has 5 atom stereocenters. The number of rotatable bonds is 6. The number of carbonyl (C=O) groups excluding carboxylic acids is 1. The summed E-state index contributed by atoms with van der Waals surface area (Å²) in [6, 6.07) is 10.7. The fourth-order valence-electron chi connectivity index (χ4n) is 4.82. The third kappa shape index (κ3) is 5.58. The van der Waals surface area contributed by atoms with Crippen LogP contribution in [0.25, 0.3) is 0 Å². The monoisotopic (exact) mass is 398 g/mol. The summed E-state index contributed by atoms with van der Waals surface area (Å²) in [4.78, 5) is 11.7. The van der Waals surface area contributed by atoms with Gasteiger partial charge in [0, 0.05) is 12.3 Å². The van der Waals surface area contributed by atoms with Crippen molar-refractivity contribution in [3.63, 3.8) is 0 Å². The summed E-state index contributed by atoms with van der Waals surface area (Å²) in [6.45, 7) is 10.5. The second-order valence-electron chi connectivity index (χ2n) is 8.82. The van der Waals surface area contributed by atoms with E-state index in [4.69, 9.17) is 14.2 Å². The van der Waals surface area contributed by atoms with Gasteiger partial charge in [0.25, 0.3) is 0 Å². The second-order valence-corrected chi connectivity index (χ2v) is 8.82. The van der Waals surface area contributed by atoms with E-state index in [2.05, 4.69) is 56.0 Å². The van der Waals surface area contributed by atoms with Crippen LogP contribution in [-0.2, 0) is 19.0 Å². The van der Waals surface area contributed by atoms with Crippen molar-refractivity contribution in [2.75, 3.05) is 7.11 Å². The zero-order valence-corrected chi connectivity index (χ0v) is 18.1. The molecule has 4 nitrogen and oxygen atoms in total. The van der Waals surface area contributed by atoms with Gasteiger partial charge in [0.05, 0.1) is 25.7 Å². The summed E-state index contributed by atoms with van der Waals surface area (Å²) in [6.07, 6.45) is 7.31. The highest BCUT2D eigenvalue weighted by Gasteiger charge is 2.38. The smallest absolute Gasteiger partial charge is 0.308 e. The van der Waals surface area contributed by atoms with Gasteiger partial charge in [-0.1, -0.05) is 56.0 Å². The average molecular weight is 399 g/mol. The van der Waals surface area contributed by atoms with Gasteiger partial charge in [-0.2, -0.15) is 0 Å². The molecule has 1 fully saturated rings. The third-order valence-electron chi connectivity index (χ3n) is 6.15. The lowest BCUT2D eigenvalue weighted by Crippen LogP contribution is -2.45. The normalized spacial score (nSPS) is 31.4. The maximum Gasteiger partial charge on any atom is 0.308 e. The van der Waals surface area contributed by atoms with Gasteiger partial charge in [0.1, 0.15) is 0 Å². The summed E-state index contributed by atoms with van der Waals surface area (Å²) in [5.74, 6) is 0.350. The molecule has 4 heteroatoms. The van der Waals surface area contributed by atoms with E-state index in [0.717, 1.165) is 12.8 Å². The number of hydrogen-bond acceptors (Lipinski definition) is 4. The minimum atomic E-state index is -0.692. The van der Waals surface area contributed by atoms with Crippen LogP contribution < -0.4 is 0 Å². The zero-order valence-electron chi connectivity index (χ0n) is 18.1. The first-order valence-electron chi connectivity index (χ1n) is 10.6. The molecule has 3 rings (SSSR count). The molecule has 1 aromatic carbocycles. The largest absolute Gasteiger partial charge is 0.469 e. The maximum absolute atomic E-state index is 11.7. The molecule has 1 aliphatic heterocycles. The Morgan fingerprint density at radius 2 is 1.86 bits per heavy atom. The van der Waals surface area contributed by atoms with Crippen LogP contribution in [0.4, 0.5) is 0 Å². The zero-order chi connectivity index (χ0) is 21.0. The number of hydrogen-bond donors (Lipinski definition) is 0. The third-order valence-corrected chi connectivity index (χ3v) is 6.15. The molecule has 1 aliphatic carbocycles. The Kier molecular flexibility index (Phi) is 6.97. The van der Waals surface area contributed by atoms with Crippen LogP contribution in [0.15, 0.2) is 54.6 Å². The van der Waals surface area contributed by atoms with Gasteiger partial charge in [-0.3, -0.25) is 4.79 Å². The summed E-state index contributed by atoms with van der Waals surface area (Å²) >= 11 is 0. The Hall–Kier alpha value is -1.91. The molecular formula is C25H34O4. The van der Waals surface area contributed by atoms with Gasteiger partial charge < -0.3 is 14.2 Å². The molecule has 1 saturated heterocycles. The summed E-state index contributed by atoms with van der Waals surface area (Å²) in [5, 5.41) is 0. The first-order valence-corrected chi connectivity index (χ1v) is 10.6. The van der Waals surface area contributed by atoms with Crippen LogP contribution in [0.5, 0.6) is 0 Å². The molecule has 0 saturated carbocycles.